The van der Waals surface area contributed by atoms with E-state index in [2.05, 4.69) is 9.71 Å². The molecule has 0 fully saturated rings. The molecule has 116 valence electrons. The molecule has 2 aromatic heterocycles. The number of nitrogens with one attached hydrogen (secondary N) is 2. The normalized spacial score (nSPS) is 11.1. The van der Waals surface area contributed by atoms with Gasteiger partial charge in [-0.3, -0.25) is 4.72 Å². The molecule has 0 spiro atoms. The zero-order chi connectivity index (χ0) is 16.4. The summed E-state index contributed by atoms with van der Waals surface area (Å²) >= 11 is 1.47. The molecule has 0 amide bonds. The summed E-state index contributed by atoms with van der Waals surface area (Å²) in [7, 11) is -3.93. The largest absolute Gasteiger partial charge is 0.359 e. The van der Waals surface area contributed by atoms with Gasteiger partial charge in [-0.15, -0.1) is 11.3 Å². The maximum absolute atomic E-state index is 13.8. The summed E-state index contributed by atoms with van der Waals surface area (Å²) in [6.07, 6.45) is 1.35. The van der Waals surface area contributed by atoms with Crippen molar-refractivity contribution >= 4 is 27.0 Å². The first-order valence-corrected chi connectivity index (χ1v) is 8.80. The van der Waals surface area contributed by atoms with E-state index in [0.29, 0.717) is 5.69 Å². The quantitative estimate of drug-likeness (QED) is 0.757. The fraction of sp³-hybridized carbons (Fsp3) is 0. The van der Waals surface area contributed by atoms with Crippen LogP contribution >= 0.6 is 11.3 Å². The fourth-order valence-corrected chi connectivity index (χ4v) is 3.74. The number of rotatable bonds is 4. The predicted molar refractivity (Wildman–Crippen MR) is 86.0 cm³/mol. The molecule has 0 aliphatic heterocycles. The molecular formula is C15H10FN3O2S2. The lowest BCUT2D eigenvalue weighted by Gasteiger charge is -2.07. The van der Waals surface area contributed by atoms with Gasteiger partial charge in [0.1, 0.15) is 10.7 Å². The highest BCUT2D eigenvalue weighted by Gasteiger charge is 2.19. The molecule has 8 heteroatoms. The van der Waals surface area contributed by atoms with Crippen LogP contribution in [0.5, 0.6) is 0 Å². The van der Waals surface area contributed by atoms with Crippen LogP contribution in [0.4, 0.5) is 10.1 Å². The van der Waals surface area contributed by atoms with Crippen molar-refractivity contribution < 1.29 is 12.8 Å². The summed E-state index contributed by atoms with van der Waals surface area (Å²) in [5.41, 5.74) is 0.579. The Labute approximate surface area is 136 Å². The van der Waals surface area contributed by atoms with Gasteiger partial charge in [-0.05, 0) is 35.7 Å². The van der Waals surface area contributed by atoms with Crippen molar-refractivity contribution in [2.75, 3.05) is 4.72 Å². The Hall–Kier alpha value is -2.63. The highest BCUT2D eigenvalue weighted by Crippen LogP contribution is 2.27. The highest BCUT2D eigenvalue weighted by molar-refractivity contribution is 7.92. The summed E-state index contributed by atoms with van der Waals surface area (Å²) in [5, 5.41) is 10.6. The molecule has 2 N–H and O–H groups in total. The fourth-order valence-electron chi connectivity index (χ4n) is 1.97. The van der Waals surface area contributed by atoms with Gasteiger partial charge < -0.3 is 4.98 Å². The van der Waals surface area contributed by atoms with E-state index < -0.39 is 15.8 Å². The van der Waals surface area contributed by atoms with Crippen LogP contribution in [0.15, 0.2) is 52.9 Å². The summed E-state index contributed by atoms with van der Waals surface area (Å²) < 4.78 is 40.7. The molecule has 3 aromatic rings. The van der Waals surface area contributed by atoms with Gasteiger partial charge in [-0.25, -0.2) is 12.8 Å². The van der Waals surface area contributed by atoms with Crippen molar-refractivity contribution in [3.8, 4) is 16.6 Å². The summed E-state index contributed by atoms with van der Waals surface area (Å²) in [6.45, 7) is 0. The van der Waals surface area contributed by atoms with Crippen LogP contribution in [0.3, 0.4) is 0 Å². The molecule has 3 rings (SSSR count). The van der Waals surface area contributed by atoms with Gasteiger partial charge in [0.2, 0.25) is 0 Å². The number of halogens is 1. The lowest BCUT2D eigenvalue weighted by molar-refractivity contribution is 0.598. The molecule has 23 heavy (non-hydrogen) atoms. The number of benzene rings is 1. The lowest BCUT2D eigenvalue weighted by Crippen LogP contribution is -2.13. The molecule has 0 radical (unpaired) electrons. The molecule has 0 unspecified atom stereocenters. The first kappa shape index (κ1) is 15.3. The Bertz CT molecular complexity index is 986. The standard InChI is InChI=1S/C15H10FN3O2S2/c16-12-6-10(8-17)3-4-13(12)19-23(20,21)11-7-14(18-9-11)15-2-1-5-22-15/h1-7,9,18-19H. The second-order valence-electron chi connectivity index (χ2n) is 4.64. The molecule has 0 atom stereocenters. The number of aromatic nitrogens is 1. The average molecular weight is 347 g/mol. The van der Waals surface area contributed by atoms with E-state index >= 15 is 0 Å². The predicted octanol–water partition coefficient (Wildman–Crippen LogP) is 3.55. The Kier molecular flexibility index (Phi) is 3.90. The van der Waals surface area contributed by atoms with Crippen LogP contribution in [-0.4, -0.2) is 13.4 Å². The molecule has 5 nitrogen and oxygen atoms in total. The van der Waals surface area contributed by atoms with Crippen molar-refractivity contribution in [2.45, 2.75) is 4.90 Å². The molecule has 1 aromatic carbocycles. The number of hydrogen-bond acceptors (Lipinski definition) is 4. The number of nitriles is 1. The van der Waals surface area contributed by atoms with Crippen molar-refractivity contribution in [1.82, 2.24) is 4.98 Å². The van der Waals surface area contributed by atoms with E-state index in [4.69, 9.17) is 5.26 Å². The Morgan fingerprint density at radius 3 is 2.74 bits per heavy atom. The minimum atomic E-state index is -3.93. The van der Waals surface area contributed by atoms with Gasteiger partial charge in [0.05, 0.1) is 27.9 Å². The molecule has 2 heterocycles. The third-order valence-electron chi connectivity index (χ3n) is 3.10. The molecule has 0 bridgehead atoms. The number of aromatic amines is 1. The number of H-pyrrole nitrogens is 1. The zero-order valence-corrected chi connectivity index (χ0v) is 13.2. The number of sulfonamides is 1. The number of nitrogens with zero attached hydrogens (tertiary/aromatic N) is 1. The number of anilines is 1. The highest BCUT2D eigenvalue weighted by atomic mass is 32.2. The Morgan fingerprint density at radius 1 is 1.26 bits per heavy atom. The molecule has 0 aliphatic rings. The van der Waals surface area contributed by atoms with Crippen LogP contribution in [-0.2, 0) is 10.0 Å². The van der Waals surface area contributed by atoms with E-state index in [-0.39, 0.29) is 16.1 Å². The van der Waals surface area contributed by atoms with E-state index in [1.54, 1.807) is 6.07 Å². The van der Waals surface area contributed by atoms with Crippen molar-refractivity contribution in [1.29, 1.82) is 5.26 Å². The lowest BCUT2D eigenvalue weighted by atomic mass is 10.2. The first-order chi connectivity index (χ1) is 11.0. The maximum Gasteiger partial charge on any atom is 0.263 e. The zero-order valence-electron chi connectivity index (χ0n) is 11.6. The molecule has 0 saturated heterocycles. The van der Waals surface area contributed by atoms with Gasteiger partial charge in [0, 0.05) is 6.20 Å². The third-order valence-corrected chi connectivity index (χ3v) is 5.34. The Balaban J connectivity index is 1.89. The summed E-state index contributed by atoms with van der Waals surface area (Å²) in [4.78, 5) is 3.79. The van der Waals surface area contributed by atoms with Crippen LogP contribution in [0.1, 0.15) is 5.56 Å². The minimum Gasteiger partial charge on any atom is -0.359 e. The van der Waals surface area contributed by atoms with Gasteiger partial charge in [0.15, 0.2) is 0 Å². The van der Waals surface area contributed by atoms with Crippen molar-refractivity contribution in [3.05, 3.63) is 59.4 Å². The Morgan fingerprint density at radius 2 is 2.09 bits per heavy atom. The average Bonchev–Trinajstić information content (AvgIpc) is 3.20. The van der Waals surface area contributed by atoms with Gasteiger partial charge in [0.25, 0.3) is 10.0 Å². The number of thiophene rings is 1. The topological polar surface area (TPSA) is 85.8 Å². The second-order valence-corrected chi connectivity index (χ2v) is 7.27. The minimum absolute atomic E-state index is 0.00431. The van der Waals surface area contributed by atoms with Crippen molar-refractivity contribution in [3.63, 3.8) is 0 Å². The summed E-state index contributed by atoms with van der Waals surface area (Å²) in [5.74, 6) is -0.804. The second kappa shape index (κ2) is 5.87. The molecule has 0 saturated carbocycles. The summed E-state index contributed by atoms with van der Waals surface area (Å²) in [6, 6.07) is 10.5. The van der Waals surface area contributed by atoms with E-state index in [1.807, 2.05) is 17.5 Å². The van der Waals surface area contributed by atoms with Crippen LogP contribution in [0.2, 0.25) is 0 Å². The van der Waals surface area contributed by atoms with Gasteiger partial charge >= 0.3 is 0 Å². The van der Waals surface area contributed by atoms with Crippen LogP contribution in [0.25, 0.3) is 10.6 Å². The van der Waals surface area contributed by atoms with E-state index in [1.165, 1.54) is 35.7 Å². The van der Waals surface area contributed by atoms with E-state index in [0.717, 1.165) is 10.9 Å². The SMILES string of the molecule is N#Cc1ccc(NS(=O)(=O)c2c[nH]c(-c3cccs3)c2)c(F)c1. The smallest absolute Gasteiger partial charge is 0.263 e. The van der Waals surface area contributed by atoms with Gasteiger partial charge in [-0.2, -0.15) is 5.26 Å². The van der Waals surface area contributed by atoms with Gasteiger partial charge in [-0.1, -0.05) is 6.07 Å². The number of hydrogen-bond donors (Lipinski definition) is 2. The van der Waals surface area contributed by atoms with Crippen LogP contribution < -0.4 is 4.72 Å². The maximum atomic E-state index is 13.8. The van der Waals surface area contributed by atoms with E-state index in [9.17, 15) is 12.8 Å². The monoisotopic (exact) mass is 347 g/mol. The molecular weight excluding hydrogens is 337 g/mol. The van der Waals surface area contributed by atoms with Crippen molar-refractivity contribution in [2.24, 2.45) is 0 Å². The van der Waals surface area contributed by atoms with Crippen LogP contribution in [0, 0.1) is 17.1 Å². The molecule has 0 aliphatic carbocycles. The first-order valence-electron chi connectivity index (χ1n) is 6.44. The third kappa shape index (κ3) is 3.11.